The van der Waals surface area contributed by atoms with Crippen LogP contribution in [0.4, 0.5) is 0 Å². The van der Waals surface area contributed by atoms with Crippen LogP contribution in [0.3, 0.4) is 0 Å². The third-order valence-electron chi connectivity index (χ3n) is 1.63. The van der Waals surface area contributed by atoms with Crippen molar-refractivity contribution in [2.24, 2.45) is 0 Å². The Bertz CT molecular complexity index is 417. The van der Waals surface area contributed by atoms with Crippen LogP contribution in [-0.2, 0) is 0 Å². The Morgan fingerprint density at radius 2 is 2.21 bits per heavy atom. The number of pyridine rings is 1. The average molecular weight is 249 g/mol. The van der Waals surface area contributed by atoms with Gasteiger partial charge in [-0.05, 0) is 40.2 Å². The van der Waals surface area contributed by atoms with Gasteiger partial charge in [-0.1, -0.05) is 12.1 Å². The van der Waals surface area contributed by atoms with E-state index < -0.39 is 0 Å². The molecule has 0 unspecified atom stereocenters. The molecule has 1 aromatic heterocycles. The predicted octanol–water partition coefficient (Wildman–Crippen LogP) is 3.44. The van der Waals surface area contributed by atoms with Gasteiger partial charge < -0.3 is 4.74 Å². The van der Waals surface area contributed by atoms with Crippen molar-refractivity contribution < 1.29 is 4.74 Å². The van der Waals surface area contributed by atoms with Crippen LogP contribution >= 0.6 is 15.9 Å². The van der Waals surface area contributed by atoms with Crippen molar-refractivity contribution in [3.05, 3.63) is 53.1 Å². The Morgan fingerprint density at radius 1 is 1.29 bits per heavy atom. The highest BCUT2D eigenvalue weighted by Gasteiger charge is 2.00. The number of nitrogens with zero attached hydrogens (tertiary/aromatic N) is 1. The Morgan fingerprint density at radius 3 is 2.93 bits per heavy atom. The number of halogens is 1. The van der Waals surface area contributed by atoms with Gasteiger partial charge in [0, 0.05) is 12.3 Å². The van der Waals surface area contributed by atoms with E-state index in [9.17, 15) is 0 Å². The fraction of sp³-hybridized carbons (Fsp3) is 0. The molecule has 2 aromatic rings. The molecule has 0 aliphatic carbocycles. The topological polar surface area (TPSA) is 22.1 Å². The van der Waals surface area contributed by atoms with E-state index in [1.807, 2.05) is 24.3 Å². The summed E-state index contributed by atoms with van der Waals surface area (Å²) in [5.41, 5.74) is 0. The summed E-state index contributed by atoms with van der Waals surface area (Å²) >= 11 is 3.38. The molecule has 14 heavy (non-hydrogen) atoms. The number of rotatable bonds is 2. The zero-order valence-corrected chi connectivity index (χ0v) is 8.86. The van der Waals surface area contributed by atoms with Crippen LogP contribution in [0, 0.1) is 6.07 Å². The molecule has 0 bridgehead atoms. The highest BCUT2D eigenvalue weighted by molar-refractivity contribution is 9.10. The summed E-state index contributed by atoms with van der Waals surface area (Å²) in [7, 11) is 0. The van der Waals surface area contributed by atoms with E-state index >= 15 is 0 Å². The van der Waals surface area contributed by atoms with Crippen LogP contribution in [0.2, 0.25) is 0 Å². The van der Waals surface area contributed by atoms with E-state index in [4.69, 9.17) is 4.74 Å². The molecule has 0 fully saturated rings. The van der Waals surface area contributed by atoms with Crippen molar-refractivity contribution in [1.82, 2.24) is 4.98 Å². The molecule has 69 valence electrons. The highest BCUT2D eigenvalue weighted by Crippen LogP contribution is 2.27. The van der Waals surface area contributed by atoms with Crippen molar-refractivity contribution >= 4 is 15.9 Å². The van der Waals surface area contributed by atoms with E-state index in [0.717, 1.165) is 4.47 Å². The van der Waals surface area contributed by atoms with Crippen LogP contribution in [0.25, 0.3) is 0 Å². The molecule has 1 radical (unpaired) electrons. The van der Waals surface area contributed by atoms with Gasteiger partial charge in [0.2, 0.25) is 5.88 Å². The maximum absolute atomic E-state index is 5.52. The van der Waals surface area contributed by atoms with Crippen molar-refractivity contribution in [2.75, 3.05) is 0 Å². The van der Waals surface area contributed by atoms with Crippen molar-refractivity contribution in [3.8, 4) is 11.6 Å². The third kappa shape index (κ3) is 2.12. The first-order valence-electron chi connectivity index (χ1n) is 4.11. The van der Waals surface area contributed by atoms with Crippen LogP contribution in [0.1, 0.15) is 0 Å². The molecular formula is C11H7BrNO. The summed E-state index contributed by atoms with van der Waals surface area (Å²) in [4.78, 5) is 4.06. The number of hydrogen-bond donors (Lipinski definition) is 0. The van der Waals surface area contributed by atoms with Gasteiger partial charge in [0.25, 0.3) is 0 Å². The molecule has 2 nitrogen and oxygen atoms in total. The summed E-state index contributed by atoms with van der Waals surface area (Å²) in [6, 6.07) is 13.9. The van der Waals surface area contributed by atoms with E-state index in [0.29, 0.717) is 11.6 Å². The molecule has 0 saturated carbocycles. The Kier molecular flexibility index (Phi) is 2.79. The molecule has 3 heteroatoms. The monoisotopic (exact) mass is 248 g/mol. The van der Waals surface area contributed by atoms with Gasteiger partial charge in [-0.15, -0.1) is 0 Å². The minimum Gasteiger partial charge on any atom is -0.438 e. The van der Waals surface area contributed by atoms with Crippen LogP contribution in [0.5, 0.6) is 11.6 Å². The summed E-state index contributed by atoms with van der Waals surface area (Å²) in [5, 5.41) is 0. The van der Waals surface area contributed by atoms with Crippen LogP contribution in [0.15, 0.2) is 47.1 Å². The van der Waals surface area contributed by atoms with Gasteiger partial charge in [-0.25, -0.2) is 4.98 Å². The number of ether oxygens (including phenoxy) is 1. The number of benzene rings is 1. The van der Waals surface area contributed by atoms with E-state index in [1.165, 1.54) is 0 Å². The lowest BCUT2D eigenvalue weighted by Crippen LogP contribution is -1.87. The van der Waals surface area contributed by atoms with Gasteiger partial charge >= 0.3 is 0 Å². The molecular weight excluding hydrogens is 242 g/mol. The lowest BCUT2D eigenvalue weighted by atomic mass is 10.3. The van der Waals surface area contributed by atoms with Crippen molar-refractivity contribution in [2.45, 2.75) is 0 Å². The van der Waals surface area contributed by atoms with Crippen molar-refractivity contribution in [1.29, 1.82) is 0 Å². The summed E-state index contributed by atoms with van der Waals surface area (Å²) in [6.07, 6.45) is 1.69. The lowest BCUT2D eigenvalue weighted by molar-refractivity contribution is 0.460. The summed E-state index contributed by atoms with van der Waals surface area (Å²) < 4.78 is 6.41. The molecule has 0 atom stereocenters. The van der Waals surface area contributed by atoms with Crippen LogP contribution < -0.4 is 4.74 Å². The molecule has 0 saturated heterocycles. The molecule has 1 aromatic carbocycles. The maximum atomic E-state index is 5.52. The van der Waals surface area contributed by atoms with Gasteiger partial charge in [0.1, 0.15) is 5.75 Å². The molecule has 0 N–H and O–H groups in total. The molecule has 0 amide bonds. The van der Waals surface area contributed by atoms with Gasteiger partial charge in [-0.2, -0.15) is 0 Å². The van der Waals surface area contributed by atoms with Gasteiger partial charge in [0.15, 0.2) is 0 Å². The van der Waals surface area contributed by atoms with Gasteiger partial charge in [0.05, 0.1) is 4.47 Å². The minimum atomic E-state index is 0.577. The third-order valence-corrected chi connectivity index (χ3v) is 2.28. The summed E-state index contributed by atoms with van der Waals surface area (Å²) in [6.45, 7) is 0. The van der Waals surface area contributed by atoms with Crippen LogP contribution in [-0.4, -0.2) is 4.98 Å². The average Bonchev–Trinajstić information content (AvgIpc) is 2.23. The minimum absolute atomic E-state index is 0.577. The smallest absolute Gasteiger partial charge is 0.219 e. The highest BCUT2D eigenvalue weighted by atomic mass is 79.9. The normalized spacial score (nSPS) is 9.79. The van der Waals surface area contributed by atoms with E-state index in [1.54, 1.807) is 18.3 Å². The fourth-order valence-corrected chi connectivity index (χ4v) is 1.32. The second kappa shape index (κ2) is 4.24. The second-order valence-corrected chi connectivity index (χ2v) is 3.48. The number of aromatic nitrogens is 1. The first kappa shape index (κ1) is 9.21. The zero-order valence-electron chi connectivity index (χ0n) is 7.27. The molecule has 1 heterocycles. The fourth-order valence-electron chi connectivity index (χ4n) is 0.994. The van der Waals surface area contributed by atoms with Crippen molar-refractivity contribution in [3.63, 3.8) is 0 Å². The van der Waals surface area contributed by atoms with E-state index in [2.05, 4.69) is 27.0 Å². The van der Waals surface area contributed by atoms with E-state index in [-0.39, 0.29) is 0 Å². The Hall–Kier alpha value is -1.35. The predicted molar refractivity (Wildman–Crippen MR) is 57.3 cm³/mol. The summed E-state index contributed by atoms with van der Waals surface area (Å²) in [5.74, 6) is 1.29. The molecule has 2 rings (SSSR count). The molecule has 0 aliphatic heterocycles. The first-order chi connectivity index (χ1) is 6.86. The second-order valence-electron chi connectivity index (χ2n) is 2.63. The quantitative estimate of drug-likeness (QED) is 0.813. The molecule has 0 aliphatic rings. The standard InChI is InChI=1S/C11H7BrNO/c12-9-5-1-2-6-10(9)14-11-7-3-4-8-13-11/h1,3-8H. The first-order valence-corrected chi connectivity index (χ1v) is 4.90. The Labute approximate surface area is 90.7 Å². The Balaban J connectivity index is 2.24. The largest absolute Gasteiger partial charge is 0.438 e. The van der Waals surface area contributed by atoms with Gasteiger partial charge in [-0.3, -0.25) is 0 Å². The maximum Gasteiger partial charge on any atom is 0.219 e. The number of hydrogen-bond acceptors (Lipinski definition) is 2. The lowest BCUT2D eigenvalue weighted by Gasteiger charge is -2.04. The molecule has 0 spiro atoms. The zero-order chi connectivity index (χ0) is 9.80. The SMILES string of the molecule is Brc1cc[c]cc1Oc1ccccn1.